The van der Waals surface area contributed by atoms with Crippen LogP contribution in [0.1, 0.15) is 48.2 Å². The Bertz CT molecular complexity index is 1420. The number of carbonyl (C=O) groups is 3. The van der Waals surface area contributed by atoms with Gasteiger partial charge in [-0.3, -0.25) is 19.1 Å². The minimum Gasteiger partial charge on any atom is -0.374 e. The molecule has 3 aromatic rings. The second-order valence-corrected chi connectivity index (χ2v) is 10.6. The Hall–Kier alpha value is -3.70. The number of nitrogens with zero attached hydrogens (tertiary/aromatic N) is 3. The van der Waals surface area contributed by atoms with E-state index in [1.165, 1.54) is 21.7 Å². The number of aromatic nitrogens is 2. The number of anilines is 1. The Morgan fingerprint density at radius 3 is 2.67 bits per heavy atom. The lowest BCUT2D eigenvalue weighted by Crippen LogP contribution is -2.43. The van der Waals surface area contributed by atoms with E-state index in [0.717, 1.165) is 25.7 Å². The van der Waals surface area contributed by atoms with Crippen molar-refractivity contribution in [3.05, 3.63) is 58.5 Å². The maximum atomic E-state index is 14.1. The SMILES string of the molecule is NC(=O)c1nn(CC(=O)N(CC(=O)NCc2cccc(Cl)c2F)C2CC2)c2ccc(NC(O)CC3CC3)cc12. The summed E-state index contributed by atoms with van der Waals surface area (Å²) in [7, 11) is 0. The van der Waals surface area contributed by atoms with Crippen molar-refractivity contribution in [1.29, 1.82) is 0 Å². The number of hydrogen-bond donors (Lipinski definition) is 4. The van der Waals surface area contributed by atoms with Crippen LogP contribution < -0.4 is 16.4 Å². The Balaban J connectivity index is 1.27. The number of nitrogens with one attached hydrogen (secondary N) is 2. The molecule has 2 aromatic carbocycles. The van der Waals surface area contributed by atoms with E-state index in [9.17, 15) is 23.9 Å². The molecule has 12 heteroatoms. The zero-order valence-electron chi connectivity index (χ0n) is 21.2. The number of nitrogens with two attached hydrogens (primary N) is 1. The van der Waals surface area contributed by atoms with Crippen LogP contribution >= 0.6 is 11.6 Å². The van der Waals surface area contributed by atoms with Crippen molar-refractivity contribution in [2.75, 3.05) is 11.9 Å². The fraction of sp³-hybridized carbons (Fsp3) is 0.407. The molecule has 206 valence electrons. The summed E-state index contributed by atoms with van der Waals surface area (Å²) >= 11 is 5.80. The Labute approximate surface area is 229 Å². The lowest BCUT2D eigenvalue weighted by Gasteiger charge is -2.22. The Kier molecular flexibility index (Phi) is 7.72. The molecule has 2 fully saturated rings. The van der Waals surface area contributed by atoms with Gasteiger partial charge in [0.2, 0.25) is 11.8 Å². The molecule has 0 aliphatic heterocycles. The first kappa shape index (κ1) is 26.9. The summed E-state index contributed by atoms with van der Waals surface area (Å²) < 4.78 is 15.5. The quantitative estimate of drug-likeness (QED) is 0.253. The van der Waals surface area contributed by atoms with Crippen molar-refractivity contribution in [1.82, 2.24) is 20.0 Å². The average molecular weight is 557 g/mol. The molecule has 0 bridgehead atoms. The molecular weight excluding hydrogens is 527 g/mol. The first-order valence-electron chi connectivity index (χ1n) is 12.9. The van der Waals surface area contributed by atoms with E-state index in [1.807, 2.05) is 0 Å². The number of halogens is 2. The maximum absolute atomic E-state index is 14.1. The van der Waals surface area contributed by atoms with Gasteiger partial charge in [-0.2, -0.15) is 5.10 Å². The molecule has 1 atom stereocenters. The highest BCUT2D eigenvalue weighted by atomic mass is 35.5. The van der Waals surface area contributed by atoms with Gasteiger partial charge in [-0.25, -0.2) is 4.39 Å². The van der Waals surface area contributed by atoms with Crippen molar-refractivity contribution in [2.24, 2.45) is 11.7 Å². The maximum Gasteiger partial charge on any atom is 0.269 e. The zero-order valence-corrected chi connectivity index (χ0v) is 22.0. The van der Waals surface area contributed by atoms with Crippen molar-refractivity contribution >= 4 is 45.9 Å². The van der Waals surface area contributed by atoms with Crippen molar-refractivity contribution in [3.63, 3.8) is 0 Å². The summed E-state index contributed by atoms with van der Waals surface area (Å²) in [5.74, 6) is -1.59. The highest BCUT2D eigenvalue weighted by Gasteiger charge is 2.34. The van der Waals surface area contributed by atoms with E-state index in [0.29, 0.717) is 28.9 Å². The molecule has 1 heterocycles. The van der Waals surface area contributed by atoms with Gasteiger partial charge >= 0.3 is 0 Å². The molecule has 10 nitrogen and oxygen atoms in total. The standard InChI is InChI=1S/C27H30ClFN6O4/c28-20-3-1-2-16(25(20)29)12-31-23(37)13-34(18-7-8-18)24(38)14-35-21-9-6-17(32-22(36)10-15-4-5-15)11-19(21)26(33-35)27(30)39/h1-3,6,9,11,15,18,22,32,36H,4-5,7-8,10,12-14H2,(H2,30,39)(H,31,37). The second kappa shape index (κ2) is 11.2. The van der Waals surface area contributed by atoms with Crippen LogP contribution in [0.4, 0.5) is 10.1 Å². The second-order valence-electron chi connectivity index (χ2n) is 10.2. The number of aliphatic hydroxyl groups is 1. The van der Waals surface area contributed by atoms with Gasteiger partial charge in [0.15, 0.2) is 5.69 Å². The van der Waals surface area contributed by atoms with E-state index in [4.69, 9.17) is 17.3 Å². The monoisotopic (exact) mass is 556 g/mol. The molecule has 39 heavy (non-hydrogen) atoms. The van der Waals surface area contributed by atoms with Gasteiger partial charge in [0.1, 0.15) is 18.6 Å². The first-order chi connectivity index (χ1) is 18.7. The third-order valence-electron chi connectivity index (χ3n) is 6.99. The van der Waals surface area contributed by atoms with E-state index >= 15 is 0 Å². The van der Waals surface area contributed by atoms with Crippen LogP contribution in [-0.4, -0.2) is 56.3 Å². The molecule has 2 saturated carbocycles. The minimum absolute atomic E-state index is 0.0115. The summed E-state index contributed by atoms with van der Waals surface area (Å²) in [5, 5.41) is 20.7. The number of rotatable bonds is 12. The number of hydrogen-bond acceptors (Lipinski definition) is 6. The van der Waals surface area contributed by atoms with Gasteiger partial charge in [-0.05, 0) is 49.4 Å². The highest BCUT2D eigenvalue weighted by Crippen LogP contribution is 2.34. The first-order valence-corrected chi connectivity index (χ1v) is 13.3. The molecule has 0 saturated heterocycles. The smallest absolute Gasteiger partial charge is 0.269 e. The van der Waals surface area contributed by atoms with Crippen LogP contribution in [0, 0.1) is 11.7 Å². The van der Waals surface area contributed by atoms with Crippen molar-refractivity contribution < 1.29 is 23.9 Å². The summed E-state index contributed by atoms with van der Waals surface area (Å²) in [6.45, 7) is -0.455. The summed E-state index contributed by atoms with van der Waals surface area (Å²) in [6, 6.07) is 9.60. The van der Waals surface area contributed by atoms with E-state index < -0.39 is 23.9 Å². The van der Waals surface area contributed by atoms with Crippen molar-refractivity contribution in [2.45, 2.75) is 57.5 Å². The molecule has 0 radical (unpaired) electrons. The lowest BCUT2D eigenvalue weighted by molar-refractivity contribution is -0.137. The molecule has 5 N–H and O–H groups in total. The Morgan fingerprint density at radius 2 is 1.97 bits per heavy atom. The molecule has 1 aromatic heterocycles. The lowest BCUT2D eigenvalue weighted by atomic mass is 10.1. The van der Waals surface area contributed by atoms with Crippen LogP contribution in [0.3, 0.4) is 0 Å². The summed E-state index contributed by atoms with van der Waals surface area (Å²) in [5.41, 5.74) is 6.96. The van der Waals surface area contributed by atoms with E-state index in [1.54, 1.807) is 24.3 Å². The van der Waals surface area contributed by atoms with Crippen LogP contribution in [0.5, 0.6) is 0 Å². The normalized spacial score (nSPS) is 15.7. The zero-order chi connectivity index (χ0) is 27.7. The van der Waals surface area contributed by atoms with Crippen LogP contribution in [-0.2, 0) is 22.7 Å². The molecule has 1 unspecified atom stereocenters. The molecule has 2 aliphatic rings. The van der Waals surface area contributed by atoms with E-state index in [2.05, 4.69) is 15.7 Å². The molecule has 2 aliphatic carbocycles. The largest absolute Gasteiger partial charge is 0.374 e. The number of primary amides is 1. The van der Waals surface area contributed by atoms with Crippen LogP contribution in [0.15, 0.2) is 36.4 Å². The fourth-order valence-corrected chi connectivity index (χ4v) is 4.80. The van der Waals surface area contributed by atoms with Crippen LogP contribution in [0.25, 0.3) is 10.9 Å². The molecule has 5 rings (SSSR count). The number of amides is 3. The predicted octanol–water partition coefficient (Wildman–Crippen LogP) is 2.77. The summed E-state index contributed by atoms with van der Waals surface area (Å²) in [4.78, 5) is 39.5. The third kappa shape index (κ3) is 6.48. The Morgan fingerprint density at radius 1 is 1.21 bits per heavy atom. The molecule has 0 spiro atoms. The van der Waals surface area contributed by atoms with Gasteiger partial charge in [0.25, 0.3) is 5.91 Å². The fourth-order valence-electron chi connectivity index (χ4n) is 4.61. The van der Waals surface area contributed by atoms with E-state index in [-0.39, 0.29) is 47.9 Å². The van der Waals surface area contributed by atoms with Gasteiger partial charge in [-0.15, -0.1) is 0 Å². The minimum atomic E-state index is -0.742. The van der Waals surface area contributed by atoms with Gasteiger partial charge in [0, 0.05) is 29.2 Å². The van der Waals surface area contributed by atoms with Crippen LogP contribution in [0.2, 0.25) is 5.02 Å². The number of fused-ring (bicyclic) bond motifs is 1. The third-order valence-corrected chi connectivity index (χ3v) is 7.28. The van der Waals surface area contributed by atoms with Crippen molar-refractivity contribution in [3.8, 4) is 0 Å². The predicted molar refractivity (Wildman–Crippen MR) is 143 cm³/mol. The number of aliphatic hydroxyl groups excluding tert-OH is 1. The van der Waals surface area contributed by atoms with Gasteiger partial charge in [-0.1, -0.05) is 36.6 Å². The molecule has 3 amide bonds. The highest BCUT2D eigenvalue weighted by molar-refractivity contribution is 6.30. The average Bonchev–Trinajstić information content (AvgIpc) is 3.83. The van der Waals surface area contributed by atoms with Gasteiger partial charge in [0.05, 0.1) is 17.1 Å². The number of benzene rings is 2. The topological polar surface area (TPSA) is 143 Å². The number of carbonyl (C=O) groups excluding carboxylic acids is 3. The summed E-state index contributed by atoms with van der Waals surface area (Å²) in [6.07, 6.45) is 3.71. The van der Waals surface area contributed by atoms with Gasteiger partial charge < -0.3 is 26.4 Å². The molecular formula is C27H30ClFN6O4.